The molecule has 0 aromatic heterocycles. The Morgan fingerprint density at radius 1 is 1.28 bits per heavy atom. The van der Waals surface area contributed by atoms with E-state index in [2.05, 4.69) is 0 Å². The van der Waals surface area contributed by atoms with Gasteiger partial charge in [0.2, 0.25) is 0 Å². The quantitative estimate of drug-likeness (QED) is 0.751. The Bertz CT molecular complexity index is 481. The molecular weight excluding hydrogens is 256 g/mol. The van der Waals surface area contributed by atoms with E-state index in [1.165, 1.54) is 13.4 Å². The third kappa shape index (κ3) is 4.93. The van der Waals surface area contributed by atoms with Gasteiger partial charge >= 0.3 is 0 Å². The second-order valence-corrected chi connectivity index (χ2v) is 6.23. The van der Waals surface area contributed by atoms with E-state index in [0.717, 1.165) is 0 Å². The average molecular weight is 274 g/mol. The second-order valence-electron chi connectivity index (χ2n) is 3.98. The number of methoxy groups -OCH3 is 1. The van der Waals surface area contributed by atoms with Gasteiger partial charge in [-0.2, -0.15) is 0 Å². The Kier molecular flexibility index (Phi) is 5.43. The predicted molar refractivity (Wildman–Crippen MR) is 68.7 cm³/mol. The van der Waals surface area contributed by atoms with Crippen molar-refractivity contribution in [2.24, 2.45) is 0 Å². The second kappa shape index (κ2) is 6.61. The molecule has 0 amide bonds. The van der Waals surface area contributed by atoms with Crippen LogP contribution in [0.1, 0.15) is 12.0 Å². The van der Waals surface area contributed by atoms with Crippen LogP contribution in [0.15, 0.2) is 18.2 Å². The van der Waals surface area contributed by atoms with Crippen molar-refractivity contribution in [1.29, 1.82) is 0 Å². The number of hydrogen-bond donors (Lipinski definition) is 1. The minimum Gasteiger partial charge on any atom is -0.493 e. The molecule has 5 nitrogen and oxygen atoms in total. The maximum Gasteiger partial charge on any atom is 0.161 e. The topological polar surface area (TPSA) is 72.8 Å². The lowest BCUT2D eigenvalue weighted by Crippen LogP contribution is -2.08. The van der Waals surface area contributed by atoms with Crippen LogP contribution in [0.25, 0.3) is 0 Å². The van der Waals surface area contributed by atoms with Gasteiger partial charge in [-0.15, -0.1) is 0 Å². The summed E-state index contributed by atoms with van der Waals surface area (Å²) in [5.41, 5.74) is 0.717. The average Bonchev–Trinajstić information content (AvgIpc) is 2.33. The standard InChI is InChI=1S/C12H18O5S/c1-16-11-5-4-10(9-13)8-12(11)17-6-3-7-18(2,14)15/h4-5,8,13H,3,6-7,9H2,1-2H3. The number of ether oxygens (including phenoxy) is 2. The fourth-order valence-corrected chi connectivity index (χ4v) is 2.08. The summed E-state index contributed by atoms with van der Waals surface area (Å²) in [6, 6.07) is 5.12. The summed E-state index contributed by atoms with van der Waals surface area (Å²) >= 11 is 0. The van der Waals surface area contributed by atoms with E-state index < -0.39 is 9.84 Å². The Hall–Kier alpha value is -1.27. The monoisotopic (exact) mass is 274 g/mol. The molecule has 1 aromatic rings. The zero-order valence-electron chi connectivity index (χ0n) is 10.5. The lowest BCUT2D eigenvalue weighted by Gasteiger charge is -2.11. The van der Waals surface area contributed by atoms with E-state index in [1.807, 2.05) is 0 Å². The lowest BCUT2D eigenvalue weighted by molar-refractivity contribution is 0.275. The molecule has 18 heavy (non-hydrogen) atoms. The van der Waals surface area contributed by atoms with E-state index >= 15 is 0 Å². The molecule has 0 unspecified atom stereocenters. The molecule has 1 N–H and O–H groups in total. The van der Waals surface area contributed by atoms with Crippen LogP contribution in [-0.2, 0) is 16.4 Å². The molecule has 0 spiro atoms. The van der Waals surface area contributed by atoms with Gasteiger partial charge in [-0.1, -0.05) is 6.07 Å². The molecule has 0 fully saturated rings. The Labute approximate surface area is 107 Å². The third-order valence-electron chi connectivity index (χ3n) is 2.33. The van der Waals surface area contributed by atoms with E-state index in [9.17, 15) is 8.42 Å². The zero-order valence-corrected chi connectivity index (χ0v) is 11.4. The van der Waals surface area contributed by atoms with Crippen LogP contribution in [0.4, 0.5) is 0 Å². The van der Waals surface area contributed by atoms with E-state index in [-0.39, 0.29) is 19.0 Å². The van der Waals surface area contributed by atoms with Crippen LogP contribution in [0, 0.1) is 0 Å². The summed E-state index contributed by atoms with van der Waals surface area (Å²) in [5, 5.41) is 9.03. The van der Waals surface area contributed by atoms with Gasteiger partial charge in [-0.25, -0.2) is 8.42 Å². The largest absolute Gasteiger partial charge is 0.493 e. The van der Waals surface area contributed by atoms with E-state index in [1.54, 1.807) is 18.2 Å². The Morgan fingerprint density at radius 3 is 2.56 bits per heavy atom. The number of benzene rings is 1. The highest BCUT2D eigenvalue weighted by Gasteiger charge is 2.07. The summed E-state index contributed by atoms with van der Waals surface area (Å²) < 4.78 is 32.5. The predicted octanol–water partition coefficient (Wildman–Crippen LogP) is 1.00. The van der Waals surface area contributed by atoms with Gasteiger partial charge < -0.3 is 14.6 Å². The molecule has 0 radical (unpaired) electrons. The van der Waals surface area contributed by atoms with Gasteiger partial charge in [0.25, 0.3) is 0 Å². The lowest BCUT2D eigenvalue weighted by atomic mass is 10.2. The molecule has 0 saturated carbocycles. The fourth-order valence-electron chi connectivity index (χ4n) is 1.44. The SMILES string of the molecule is COc1ccc(CO)cc1OCCCS(C)(=O)=O. The highest BCUT2D eigenvalue weighted by molar-refractivity contribution is 7.90. The number of aliphatic hydroxyl groups excluding tert-OH is 1. The summed E-state index contributed by atoms with van der Waals surface area (Å²) in [7, 11) is -1.43. The fraction of sp³-hybridized carbons (Fsp3) is 0.500. The first kappa shape index (κ1) is 14.8. The molecule has 1 aromatic carbocycles. The highest BCUT2D eigenvalue weighted by atomic mass is 32.2. The van der Waals surface area contributed by atoms with Crippen molar-refractivity contribution in [3.05, 3.63) is 23.8 Å². The van der Waals surface area contributed by atoms with Crippen molar-refractivity contribution in [2.45, 2.75) is 13.0 Å². The summed E-state index contributed by atoms with van der Waals surface area (Å²) in [5.74, 6) is 1.17. The molecule has 0 atom stereocenters. The minimum atomic E-state index is -2.96. The number of aliphatic hydroxyl groups is 1. The van der Waals surface area contributed by atoms with Crippen molar-refractivity contribution in [2.75, 3.05) is 25.7 Å². The van der Waals surface area contributed by atoms with Crippen molar-refractivity contribution in [3.8, 4) is 11.5 Å². The first-order chi connectivity index (χ1) is 8.46. The molecule has 0 bridgehead atoms. The van der Waals surface area contributed by atoms with Crippen LogP contribution in [0.5, 0.6) is 11.5 Å². The summed E-state index contributed by atoms with van der Waals surface area (Å²) in [6.45, 7) is 0.210. The molecule has 0 aliphatic carbocycles. The van der Waals surface area contributed by atoms with Crippen LogP contribution in [0.3, 0.4) is 0 Å². The molecule has 0 aliphatic heterocycles. The summed E-state index contributed by atoms with van der Waals surface area (Å²) in [6.07, 6.45) is 1.62. The Balaban J connectivity index is 2.60. The smallest absolute Gasteiger partial charge is 0.161 e. The molecule has 0 aliphatic rings. The maximum absolute atomic E-state index is 11.0. The van der Waals surface area contributed by atoms with Crippen molar-refractivity contribution in [1.82, 2.24) is 0 Å². The molecule has 6 heteroatoms. The maximum atomic E-state index is 11.0. The summed E-state index contributed by atoms with van der Waals surface area (Å²) in [4.78, 5) is 0. The minimum absolute atomic E-state index is 0.0797. The third-order valence-corrected chi connectivity index (χ3v) is 3.36. The van der Waals surface area contributed by atoms with Gasteiger partial charge in [0, 0.05) is 6.26 Å². The van der Waals surface area contributed by atoms with E-state index in [4.69, 9.17) is 14.6 Å². The van der Waals surface area contributed by atoms with E-state index in [0.29, 0.717) is 23.5 Å². The van der Waals surface area contributed by atoms with Gasteiger partial charge in [-0.3, -0.25) is 0 Å². The van der Waals surface area contributed by atoms with Crippen molar-refractivity contribution < 1.29 is 23.0 Å². The van der Waals surface area contributed by atoms with Crippen molar-refractivity contribution >= 4 is 9.84 Å². The number of hydrogen-bond acceptors (Lipinski definition) is 5. The van der Waals surface area contributed by atoms with Gasteiger partial charge in [-0.05, 0) is 24.1 Å². The normalized spacial score (nSPS) is 11.3. The van der Waals surface area contributed by atoms with Crippen LogP contribution in [0.2, 0.25) is 0 Å². The first-order valence-corrected chi connectivity index (χ1v) is 7.60. The Morgan fingerprint density at radius 2 is 2.00 bits per heavy atom. The number of sulfone groups is 1. The number of rotatable bonds is 7. The molecule has 0 heterocycles. The van der Waals surface area contributed by atoms with Crippen molar-refractivity contribution in [3.63, 3.8) is 0 Å². The van der Waals surface area contributed by atoms with Gasteiger partial charge in [0.1, 0.15) is 9.84 Å². The van der Waals surface area contributed by atoms with Gasteiger partial charge in [0.15, 0.2) is 11.5 Å². The van der Waals surface area contributed by atoms with Crippen LogP contribution in [-0.4, -0.2) is 39.2 Å². The van der Waals surface area contributed by atoms with Crippen LogP contribution >= 0.6 is 0 Å². The molecule has 0 saturated heterocycles. The van der Waals surface area contributed by atoms with Gasteiger partial charge in [0.05, 0.1) is 26.1 Å². The molecular formula is C12H18O5S. The molecule has 1 rings (SSSR count). The first-order valence-electron chi connectivity index (χ1n) is 5.54. The molecule has 102 valence electrons. The highest BCUT2D eigenvalue weighted by Crippen LogP contribution is 2.28. The zero-order chi connectivity index (χ0) is 13.6. The van der Waals surface area contributed by atoms with Crippen LogP contribution < -0.4 is 9.47 Å².